The summed E-state index contributed by atoms with van der Waals surface area (Å²) in [5.41, 5.74) is 1.24. The predicted octanol–water partition coefficient (Wildman–Crippen LogP) is 2.99. The third-order valence-corrected chi connectivity index (χ3v) is 4.67. The lowest BCUT2D eigenvalue weighted by atomic mass is 10.0. The molecule has 1 aromatic carbocycles. The second-order valence-corrected chi connectivity index (χ2v) is 7.02. The van der Waals surface area contributed by atoms with Gasteiger partial charge in [0.25, 0.3) is 0 Å². The Labute approximate surface area is 142 Å². The standard InChI is InChI=1S/C17H27BrN4/c1-13(2)22-9-7-16(8-10-22)21-17(19-3)20-12-14-5-4-6-15(18)11-14/h4-6,11,13,16H,7-10,12H2,1-3H3,(H2,19,20,21). The Morgan fingerprint density at radius 3 is 2.68 bits per heavy atom. The molecule has 0 bridgehead atoms. The van der Waals surface area contributed by atoms with Crippen molar-refractivity contribution in [3.05, 3.63) is 34.3 Å². The molecule has 0 aromatic heterocycles. The maximum atomic E-state index is 4.34. The zero-order valence-electron chi connectivity index (χ0n) is 13.8. The lowest BCUT2D eigenvalue weighted by molar-refractivity contribution is 0.167. The van der Waals surface area contributed by atoms with Gasteiger partial charge in [-0.05, 0) is 44.4 Å². The van der Waals surface area contributed by atoms with Gasteiger partial charge < -0.3 is 15.5 Å². The Bertz CT molecular complexity index is 493. The van der Waals surface area contributed by atoms with Gasteiger partial charge in [0.15, 0.2) is 5.96 Å². The average molecular weight is 367 g/mol. The van der Waals surface area contributed by atoms with Crippen LogP contribution in [0.1, 0.15) is 32.3 Å². The van der Waals surface area contributed by atoms with Crippen molar-refractivity contribution < 1.29 is 0 Å². The van der Waals surface area contributed by atoms with E-state index in [0.717, 1.165) is 30.1 Å². The van der Waals surface area contributed by atoms with Crippen LogP contribution in [0.2, 0.25) is 0 Å². The molecule has 1 aliphatic rings. The van der Waals surface area contributed by atoms with Gasteiger partial charge in [-0.15, -0.1) is 0 Å². The Morgan fingerprint density at radius 1 is 1.36 bits per heavy atom. The molecule has 1 aromatic rings. The molecule has 0 radical (unpaired) electrons. The molecule has 0 spiro atoms. The van der Waals surface area contributed by atoms with Crippen LogP contribution in [0.3, 0.4) is 0 Å². The predicted molar refractivity (Wildman–Crippen MR) is 97.2 cm³/mol. The van der Waals surface area contributed by atoms with E-state index in [9.17, 15) is 0 Å². The minimum atomic E-state index is 0.517. The molecule has 2 N–H and O–H groups in total. The number of benzene rings is 1. The van der Waals surface area contributed by atoms with Gasteiger partial charge in [0, 0.05) is 43.2 Å². The SMILES string of the molecule is CN=C(NCc1cccc(Br)c1)NC1CCN(C(C)C)CC1. The molecular formula is C17H27BrN4. The lowest BCUT2D eigenvalue weighted by Crippen LogP contribution is -2.49. The van der Waals surface area contributed by atoms with Crippen LogP contribution in [0.15, 0.2) is 33.7 Å². The highest BCUT2D eigenvalue weighted by atomic mass is 79.9. The molecule has 4 nitrogen and oxygen atoms in total. The zero-order valence-corrected chi connectivity index (χ0v) is 15.4. The van der Waals surface area contributed by atoms with E-state index in [-0.39, 0.29) is 0 Å². The molecule has 0 unspecified atom stereocenters. The van der Waals surface area contributed by atoms with E-state index in [1.807, 2.05) is 13.1 Å². The van der Waals surface area contributed by atoms with Gasteiger partial charge in [0.2, 0.25) is 0 Å². The van der Waals surface area contributed by atoms with Crippen molar-refractivity contribution in [3.8, 4) is 0 Å². The summed E-state index contributed by atoms with van der Waals surface area (Å²) < 4.78 is 1.11. The van der Waals surface area contributed by atoms with Crippen molar-refractivity contribution in [1.29, 1.82) is 0 Å². The van der Waals surface area contributed by atoms with E-state index >= 15 is 0 Å². The normalized spacial score (nSPS) is 17.8. The summed E-state index contributed by atoms with van der Waals surface area (Å²) in [6, 6.07) is 9.50. The molecule has 22 heavy (non-hydrogen) atoms. The summed E-state index contributed by atoms with van der Waals surface area (Å²) >= 11 is 3.50. The van der Waals surface area contributed by atoms with Gasteiger partial charge in [0.05, 0.1) is 0 Å². The van der Waals surface area contributed by atoms with Crippen molar-refractivity contribution in [1.82, 2.24) is 15.5 Å². The maximum absolute atomic E-state index is 4.34. The second-order valence-electron chi connectivity index (χ2n) is 6.10. The van der Waals surface area contributed by atoms with E-state index in [2.05, 4.69) is 68.5 Å². The number of halogens is 1. The number of aliphatic imine (C=N–C) groups is 1. The van der Waals surface area contributed by atoms with Crippen LogP contribution in [0.5, 0.6) is 0 Å². The monoisotopic (exact) mass is 366 g/mol. The summed E-state index contributed by atoms with van der Waals surface area (Å²) in [6.45, 7) is 7.65. The van der Waals surface area contributed by atoms with Crippen molar-refractivity contribution in [3.63, 3.8) is 0 Å². The summed E-state index contributed by atoms with van der Waals surface area (Å²) in [4.78, 5) is 6.88. The van der Waals surface area contributed by atoms with Crippen molar-refractivity contribution in [2.75, 3.05) is 20.1 Å². The Hall–Kier alpha value is -1.07. The van der Waals surface area contributed by atoms with Gasteiger partial charge in [0.1, 0.15) is 0 Å². The summed E-state index contributed by atoms with van der Waals surface area (Å²) in [5, 5.41) is 6.95. The minimum absolute atomic E-state index is 0.517. The lowest BCUT2D eigenvalue weighted by Gasteiger charge is -2.35. The fourth-order valence-electron chi connectivity index (χ4n) is 2.78. The number of likely N-dealkylation sites (tertiary alicyclic amines) is 1. The Balaban J connectivity index is 1.78. The first-order valence-electron chi connectivity index (χ1n) is 8.04. The topological polar surface area (TPSA) is 39.7 Å². The average Bonchev–Trinajstić information content (AvgIpc) is 2.52. The molecule has 0 saturated carbocycles. The van der Waals surface area contributed by atoms with Crippen LogP contribution in [-0.4, -0.2) is 43.1 Å². The highest BCUT2D eigenvalue weighted by Crippen LogP contribution is 2.13. The number of hydrogen-bond donors (Lipinski definition) is 2. The highest BCUT2D eigenvalue weighted by molar-refractivity contribution is 9.10. The molecule has 0 aliphatic carbocycles. The van der Waals surface area contributed by atoms with Crippen LogP contribution >= 0.6 is 15.9 Å². The smallest absolute Gasteiger partial charge is 0.191 e. The molecule has 2 rings (SSSR count). The van der Waals surface area contributed by atoms with E-state index in [4.69, 9.17) is 0 Å². The molecule has 1 fully saturated rings. The van der Waals surface area contributed by atoms with Crippen LogP contribution in [0.4, 0.5) is 0 Å². The van der Waals surface area contributed by atoms with Crippen LogP contribution in [0.25, 0.3) is 0 Å². The number of nitrogens with zero attached hydrogens (tertiary/aromatic N) is 2. The maximum Gasteiger partial charge on any atom is 0.191 e. The molecule has 1 saturated heterocycles. The first-order chi connectivity index (χ1) is 10.6. The molecule has 122 valence electrons. The Morgan fingerprint density at radius 2 is 2.09 bits per heavy atom. The molecular weight excluding hydrogens is 340 g/mol. The van der Waals surface area contributed by atoms with E-state index in [1.54, 1.807) is 0 Å². The van der Waals surface area contributed by atoms with Gasteiger partial charge in [-0.2, -0.15) is 0 Å². The molecule has 1 aliphatic heterocycles. The van der Waals surface area contributed by atoms with Crippen LogP contribution in [0, 0.1) is 0 Å². The first-order valence-corrected chi connectivity index (χ1v) is 8.83. The molecule has 5 heteroatoms. The zero-order chi connectivity index (χ0) is 15.9. The molecule has 0 atom stereocenters. The van der Waals surface area contributed by atoms with Crippen molar-refractivity contribution >= 4 is 21.9 Å². The fraction of sp³-hybridized carbons (Fsp3) is 0.588. The van der Waals surface area contributed by atoms with Gasteiger partial charge in [-0.25, -0.2) is 0 Å². The van der Waals surface area contributed by atoms with E-state index < -0.39 is 0 Å². The van der Waals surface area contributed by atoms with Gasteiger partial charge >= 0.3 is 0 Å². The molecule has 0 amide bonds. The third-order valence-electron chi connectivity index (χ3n) is 4.17. The van der Waals surface area contributed by atoms with E-state index in [1.165, 1.54) is 18.4 Å². The largest absolute Gasteiger partial charge is 0.354 e. The summed E-state index contributed by atoms with van der Waals surface area (Å²) in [6.07, 6.45) is 2.35. The number of nitrogens with one attached hydrogen (secondary N) is 2. The van der Waals surface area contributed by atoms with Crippen LogP contribution < -0.4 is 10.6 Å². The third kappa shape index (κ3) is 5.29. The van der Waals surface area contributed by atoms with Crippen molar-refractivity contribution in [2.24, 2.45) is 4.99 Å². The highest BCUT2D eigenvalue weighted by Gasteiger charge is 2.21. The quantitative estimate of drug-likeness (QED) is 0.635. The summed E-state index contributed by atoms with van der Waals surface area (Å²) in [5.74, 6) is 0.892. The van der Waals surface area contributed by atoms with Crippen LogP contribution in [-0.2, 0) is 6.54 Å². The Kier molecular flexibility index (Phi) is 6.70. The number of piperidine rings is 1. The first kappa shape index (κ1) is 17.3. The fourth-order valence-corrected chi connectivity index (χ4v) is 3.23. The number of guanidine groups is 1. The van der Waals surface area contributed by atoms with Crippen molar-refractivity contribution in [2.45, 2.75) is 45.3 Å². The number of rotatable bonds is 4. The second kappa shape index (κ2) is 8.53. The minimum Gasteiger partial charge on any atom is -0.354 e. The molecule has 1 heterocycles. The van der Waals surface area contributed by atoms with E-state index in [0.29, 0.717) is 12.1 Å². The van der Waals surface area contributed by atoms with Gasteiger partial charge in [-0.1, -0.05) is 28.1 Å². The summed E-state index contributed by atoms with van der Waals surface area (Å²) in [7, 11) is 1.83. The number of hydrogen-bond acceptors (Lipinski definition) is 2. The van der Waals surface area contributed by atoms with Gasteiger partial charge in [-0.3, -0.25) is 4.99 Å².